The highest BCUT2D eigenvalue weighted by molar-refractivity contribution is 7.99. The summed E-state index contributed by atoms with van der Waals surface area (Å²) in [5.41, 5.74) is 3.82. The van der Waals surface area contributed by atoms with E-state index in [1.54, 1.807) is 23.5 Å². The number of alkyl halides is 3. The van der Waals surface area contributed by atoms with Crippen LogP contribution in [0.3, 0.4) is 0 Å². The second kappa shape index (κ2) is 36.3. The van der Waals surface area contributed by atoms with Gasteiger partial charge in [0.2, 0.25) is 5.91 Å². The number of thiazole rings is 1. The molecule has 10 rings (SSSR count). The van der Waals surface area contributed by atoms with Crippen molar-refractivity contribution in [3.63, 3.8) is 0 Å². The maximum absolute atomic E-state index is 14.6. The number of amides is 2. The summed E-state index contributed by atoms with van der Waals surface area (Å²) in [7, 11) is -11.0. The molecule has 17 nitrogen and oxygen atoms in total. The lowest BCUT2D eigenvalue weighted by Gasteiger charge is -2.39. The predicted octanol–water partition coefficient (Wildman–Crippen LogP) is 14.4. The molecule has 6 aromatic rings. The molecule has 566 valence electrons. The third-order valence-corrected chi connectivity index (χ3v) is 26.3. The van der Waals surface area contributed by atoms with Gasteiger partial charge in [0.25, 0.3) is 25.8 Å². The Hall–Kier alpha value is -5.90. The number of anilines is 2. The maximum Gasteiger partial charge on any atom is 0.501 e. The molecule has 2 unspecified atom stereocenters. The van der Waals surface area contributed by atoms with Crippen LogP contribution in [0, 0.1) is 17.8 Å². The summed E-state index contributed by atoms with van der Waals surface area (Å²) < 4.78 is 101. The number of carbonyl (C=O) groups is 2. The van der Waals surface area contributed by atoms with Crippen molar-refractivity contribution in [3.8, 4) is 10.4 Å². The molecule has 4 heterocycles. The Morgan fingerprint density at radius 2 is 1.47 bits per heavy atom. The van der Waals surface area contributed by atoms with Crippen LogP contribution in [0.15, 0.2) is 147 Å². The number of sulfone groups is 1. The first-order valence-electron chi connectivity index (χ1n) is 36.9. The minimum atomic E-state index is -6.13. The molecule has 0 saturated carbocycles. The van der Waals surface area contributed by atoms with Gasteiger partial charge in [-0.25, -0.2) is 26.5 Å². The van der Waals surface area contributed by atoms with Gasteiger partial charge in [0.15, 0.2) is 0 Å². The topological polar surface area (TPSA) is 200 Å². The van der Waals surface area contributed by atoms with E-state index in [2.05, 4.69) is 123 Å². The Kier molecular flexibility index (Phi) is 28.2. The fourth-order valence-corrected chi connectivity index (χ4v) is 18.8. The zero-order chi connectivity index (χ0) is 74.4. The largest absolute Gasteiger partial charge is 0.501 e. The molecule has 0 spiro atoms. The number of allylic oxidation sites excluding steroid dienone is 1. The second-order valence-electron chi connectivity index (χ2n) is 30.5. The van der Waals surface area contributed by atoms with Crippen LogP contribution in [0.25, 0.3) is 16.0 Å². The Morgan fingerprint density at radius 1 is 0.798 bits per heavy atom. The molecule has 104 heavy (non-hydrogen) atoms. The number of aliphatic hydroxyl groups is 1. The number of halogens is 4. The number of carbonyl (C=O) groups excluding carboxylic acids is 2. The van der Waals surface area contributed by atoms with Crippen LogP contribution in [-0.2, 0) is 31.2 Å². The Labute approximate surface area is 628 Å². The first-order valence-corrected chi connectivity index (χ1v) is 42.1. The summed E-state index contributed by atoms with van der Waals surface area (Å²) in [4.78, 5) is 43.7. The quantitative estimate of drug-likeness (QED) is 0.0192. The number of likely N-dealkylation sites (tertiary alicyclic amines) is 1. The van der Waals surface area contributed by atoms with Crippen molar-refractivity contribution in [1.82, 2.24) is 39.9 Å². The van der Waals surface area contributed by atoms with Crippen molar-refractivity contribution >= 4 is 83.3 Å². The van der Waals surface area contributed by atoms with Gasteiger partial charge in [-0.1, -0.05) is 133 Å². The van der Waals surface area contributed by atoms with E-state index in [4.69, 9.17) is 11.6 Å². The van der Waals surface area contributed by atoms with E-state index in [9.17, 15) is 44.7 Å². The van der Waals surface area contributed by atoms with Gasteiger partial charge in [0, 0.05) is 124 Å². The van der Waals surface area contributed by atoms with E-state index in [0.717, 1.165) is 181 Å². The molecule has 1 aliphatic carbocycles. The Morgan fingerprint density at radius 3 is 2.12 bits per heavy atom. The van der Waals surface area contributed by atoms with Crippen molar-refractivity contribution in [2.75, 3.05) is 101 Å². The summed E-state index contributed by atoms with van der Waals surface area (Å²) >= 11 is 9.32. The standard InChI is InChI=1S/C79H106ClF3N10O7S4/c1-8-9-16-65(93-53-66(94)48-71(93)76(96)85-51-57-19-21-59(22-20-57)74-56(2)86-55-102-74)47-73(77(3,4)5)84-36-14-11-15-37-89-39-41-90(42-40-89)38-34-63(54-101-67-17-12-10-13-18-67)87-70-32-31-68(49-72(70)103(97,98)79(81,82)83)104(99,100)88-75(95)60-25-29-64(30-26-60)92-45-43-91(44-46-92)52-61-50-78(6,7)35-33-69(61)58-23-27-62(80)28-24-58/h10,12-13,17-32,49,55,63,65-66,71,73,84,87,94H,8-9,11,14-16,33-48,50-54H2,1-7H3,(H,85,96)(H,88,95)/t63?,65-,66+,71-,73?/m0/s1. The van der Waals surface area contributed by atoms with Gasteiger partial charge in [-0.3, -0.25) is 19.4 Å². The minimum absolute atomic E-state index is 0.00883. The highest BCUT2D eigenvalue weighted by atomic mass is 35.5. The number of nitrogens with zero attached hydrogens (tertiary/aromatic N) is 6. The smallest absolute Gasteiger partial charge is 0.392 e. The first-order chi connectivity index (χ1) is 49.5. The van der Waals surface area contributed by atoms with Gasteiger partial charge in [-0.05, 0) is 178 Å². The third kappa shape index (κ3) is 22.1. The number of β-amino-alcohol motifs (C(OH)–C–C–N with tert-alkyl or cyclic N) is 1. The molecule has 3 fully saturated rings. The lowest BCUT2D eigenvalue weighted by molar-refractivity contribution is -0.126. The molecule has 3 saturated heterocycles. The number of rotatable bonds is 33. The van der Waals surface area contributed by atoms with E-state index in [-0.39, 0.29) is 34.4 Å². The van der Waals surface area contributed by atoms with Crippen LogP contribution < -0.4 is 25.6 Å². The van der Waals surface area contributed by atoms with Crippen LogP contribution in [0.4, 0.5) is 24.5 Å². The van der Waals surface area contributed by atoms with E-state index in [1.165, 1.54) is 40.6 Å². The number of hydrogen-bond donors (Lipinski definition) is 5. The molecule has 1 aromatic heterocycles. The number of aryl methyl sites for hydroxylation is 1. The van der Waals surface area contributed by atoms with Gasteiger partial charge in [-0.15, -0.1) is 23.1 Å². The monoisotopic (exact) mass is 1530 g/mol. The Bertz CT molecular complexity index is 4050. The number of sulfonamides is 1. The minimum Gasteiger partial charge on any atom is -0.392 e. The van der Waals surface area contributed by atoms with Crippen LogP contribution >= 0.6 is 34.7 Å². The lowest BCUT2D eigenvalue weighted by atomic mass is 9.73. The highest BCUT2D eigenvalue weighted by Gasteiger charge is 2.49. The van der Waals surface area contributed by atoms with E-state index in [0.29, 0.717) is 49.3 Å². The van der Waals surface area contributed by atoms with Gasteiger partial charge >= 0.3 is 5.51 Å². The second-order valence-corrected chi connectivity index (χ2v) is 36.4. The van der Waals surface area contributed by atoms with Gasteiger partial charge in [-0.2, -0.15) is 13.2 Å². The number of hydrogen-bond acceptors (Lipinski definition) is 17. The normalized spacial score (nSPS) is 19.2. The van der Waals surface area contributed by atoms with Crippen LogP contribution in [0.2, 0.25) is 5.02 Å². The number of nitrogens with one attached hydrogen (secondary N) is 4. The molecular weight excluding hydrogens is 1420 g/mol. The summed E-state index contributed by atoms with van der Waals surface area (Å²) in [5, 5.41) is 22.0. The van der Waals surface area contributed by atoms with Crippen molar-refractivity contribution in [2.45, 2.75) is 183 Å². The molecule has 0 radical (unpaired) electrons. The van der Waals surface area contributed by atoms with E-state index >= 15 is 0 Å². The number of piperazine rings is 2. The molecule has 2 amide bonds. The average Bonchev–Trinajstić information content (AvgIpc) is 0.954. The molecule has 5 atom stereocenters. The molecule has 0 bridgehead atoms. The summed E-state index contributed by atoms with van der Waals surface area (Å²) in [6.07, 6.45) is 10.3. The highest BCUT2D eigenvalue weighted by Crippen LogP contribution is 2.44. The number of unbranched alkanes of at least 4 members (excludes halogenated alkanes) is 3. The van der Waals surface area contributed by atoms with Crippen LogP contribution in [0.5, 0.6) is 0 Å². The number of aliphatic hydroxyl groups excluding tert-OH is 1. The molecular formula is C79H106ClF3N10O7S4. The molecule has 3 aliphatic heterocycles. The van der Waals surface area contributed by atoms with Gasteiger partial charge in [0.1, 0.15) is 4.90 Å². The number of thioether (sulfide) groups is 1. The summed E-state index contributed by atoms with van der Waals surface area (Å²) in [6, 6.07) is 34.1. The van der Waals surface area contributed by atoms with Gasteiger partial charge < -0.3 is 35.8 Å². The Balaban J connectivity index is 0.696. The zero-order valence-corrected chi connectivity index (χ0v) is 65.3. The zero-order valence-electron chi connectivity index (χ0n) is 61.3. The van der Waals surface area contributed by atoms with Crippen LogP contribution in [-0.4, -0.2) is 185 Å². The molecule has 5 aromatic carbocycles. The van der Waals surface area contributed by atoms with Crippen molar-refractivity contribution in [1.29, 1.82) is 0 Å². The van der Waals surface area contributed by atoms with E-state index in [1.807, 2.05) is 59.6 Å². The van der Waals surface area contributed by atoms with E-state index < -0.39 is 64.9 Å². The summed E-state index contributed by atoms with van der Waals surface area (Å²) in [5.74, 6) is -0.728. The fraction of sp³-hybridized carbons (Fsp3) is 0.532. The SMILES string of the molecule is CCCC[C@@H](CC(NCCCCCN1CCN(CCC(CSc2ccccc2)Nc2ccc(S(=O)(=O)NC(=O)c3ccc(N4CCN(CC5=C(c6ccc(Cl)cc6)CCC(C)(C)C5)CC4)cc3)cc2S(=O)(=O)C(F)(F)F)CC1)C(C)(C)C)N1C[C@H](O)C[C@H]1C(=O)NCc1ccc(-c2scnc2C)cc1. The van der Waals surface area contributed by atoms with Crippen molar-refractivity contribution in [2.24, 2.45) is 10.8 Å². The number of aromatic nitrogens is 1. The number of benzene rings is 5. The third-order valence-electron chi connectivity index (χ3n) is 21.0. The lowest BCUT2D eigenvalue weighted by Crippen LogP contribution is -2.51. The fourth-order valence-electron chi connectivity index (χ4n) is 14.8. The van der Waals surface area contributed by atoms with Crippen molar-refractivity contribution < 1.29 is 44.7 Å². The van der Waals surface area contributed by atoms with Crippen LogP contribution in [0.1, 0.15) is 146 Å². The van der Waals surface area contributed by atoms with Gasteiger partial charge in [0.05, 0.1) is 38.8 Å². The molecule has 4 aliphatic rings. The summed E-state index contributed by atoms with van der Waals surface area (Å²) in [6.45, 7) is 26.0. The molecule has 25 heteroatoms. The first kappa shape index (κ1) is 80.6. The predicted molar refractivity (Wildman–Crippen MR) is 416 cm³/mol. The average molecular weight is 1530 g/mol. The maximum atomic E-state index is 14.6. The molecule has 5 N–H and O–H groups in total. The van der Waals surface area contributed by atoms with Crippen molar-refractivity contribution in [3.05, 3.63) is 160 Å².